The molecular formula is C25H39F3N4OSn. The molecule has 0 saturated heterocycles. The Morgan fingerprint density at radius 2 is 1.68 bits per heavy atom. The fraction of sp³-hybridized carbons (Fsp3) is 0.720. The van der Waals surface area contributed by atoms with Crippen molar-refractivity contribution in [3.63, 3.8) is 0 Å². The molecular weight excluding hydrogens is 548 g/mol. The van der Waals surface area contributed by atoms with E-state index in [-0.39, 0.29) is 5.56 Å². The van der Waals surface area contributed by atoms with E-state index in [9.17, 15) is 18.0 Å². The summed E-state index contributed by atoms with van der Waals surface area (Å²) in [5.74, 6) is -1.26. The van der Waals surface area contributed by atoms with Crippen LogP contribution in [0.1, 0.15) is 88.2 Å². The number of hydrogen-bond donors (Lipinski definition) is 1. The molecule has 1 saturated carbocycles. The van der Waals surface area contributed by atoms with Gasteiger partial charge in [-0.3, -0.25) is 0 Å². The number of nitrogens with one attached hydrogen (secondary N) is 1. The van der Waals surface area contributed by atoms with Crippen LogP contribution >= 0.6 is 0 Å². The third-order valence-corrected chi connectivity index (χ3v) is 22.3. The Kier molecular flexibility index (Phi) is 9.31. The van der Waals surface area contributed by atoms with Crippen molar-refractivity contribution in [3.8, 4) is 0 Å². The Morgan fingerprint density at radius 1 is 1.12 bits per heavy atom. The van der Waals surface area contributed by atoms with Gasteiger partial charge in [-0.05, 0) is 0 Å². The molecule has 2 heterocycles. The van der Waals surface area contributed by atoms with E-state index in [1.54, 1.807) is 4.52 Å². The fourth-order valence-corrected chi connectivity index (χ4v) is 20.6. The van der Waals surface area contributed by atoms with Gasteiger partial charge in [0.25, 0.3) is 0 Å². The number of unbranched alkanes of at least 4 members (excludes halogenated alkanes) is 3. The maximum absolute atomic E-state index is 13.5. The van der Waals surface area contributed by atoms with Gasteiger partial charge < -0.3 is 0 Å². The Bertz CT molecular complexity index is 949. The van der Waals surface area contributed by atoms with Crippen molar-refractivity contribution in [3.05, 3.63) is 23.5 Å². The van der Waals surface area contributed by atoms with Crippen LogP contribution in [-0.4, -0.2) is 51.1 Å². The zero-order valence-corrected chi connectivity index (χ0v) is 23.8. The van der Waals surface area contributed by atoms with Crippen molar-refractivity contribution in [1.82, 2.24) is 19.9 Å². The molecule has 0 unspecified atom stereocenters. The molecule has 1 aliphatic carbocycles. The second-order valence-corrected chi connectivity index (χ2v) is 23.0. The molecule has 0 radical (unpaired) electrons. The summed E-state index contributed by atoms with van der Waals surface area (Å²) in [5, 5.41) is 6.57. The van der Waals surface area contributed by atoms with Gasteiger partial charge in [-0.15, -0.1) is 0 Å². The first-order valence-corrected chi connectivity index (χ1v) is 20.4. The average Bonchev–Trinajstić information content (AvgIpc) is 3.53. The monoisotopic (exact) mass is 588 g/mol. The molecule has 1 atom stereocenters. The average molecular weight is 587 g/mol. The van der Waals surface area contributed by atoms with Crippen LogP contribution in [0.4, 0.5) is 13.2 Å². The quantitative estimate of drug-likeness (QED) is 0.286. The summed E-state index contributed by atoms with van der Waals surface area (Å²) in [6, 6.07) is 0.345. The predicted molar refractivity (Wildman–Crippen MR) is 132 cm³/mol. The van der Waals surface area contributed by atoms with Crippen LogP contribution in [0.15, 0.2) is 12.3 Å². The topological polar surface area (TPSA) is 59.3 Å². The maximum atomic E-state index is 13.5. The molecule has 0 bridgehead atoms. The molecule has 1 amide bonds. The molecule has 9 heteroatoms. The summed E-state index contributed by atoms with van der Waals surface area (Å²) in [7, 11) is 0. The van der Waals surface area contributed by atoms with Gasteiger partial charge in [-0.2, -0.15) is 0 Å². The number of carbonyl (C=O) groups excluding carboxylic acids is 1. The number of hydrogen-bond acceptors (Lipinski definition) is 3. The van der Waals surface area contributed by atoms with Crippen molar-refractivity contribution in [2.75, 3.05) is 0 Å². The van der Waals surface area contributed by atoms with Crippen molar-refractivity contribution in [2.45, 2.75) is 105 Å². The van der Waals surface area contributed by atoms with Gasteiger partial charge in [0.15, 0.2) is 0 Å². The molecule has 0 aromatic carbocycles. The first-order valence-electron chi connectivity index (χ1n) is 12.9. The van der Waals surface area contributed by atoms with E-state index >= 15 is 0 Å². The Labute approximate surface area is 205 Å². The van der Waals surface area contributed by atoms with Crippen LogP contribution < -0.4 is 9.03 Å². The molecule has 0 spiro atoms. The minimum atomic E-state index is -4.46. The summed E-state index contributed by atoms with van der Waals surface area (Å²) in [6.07, 6.45) is 4.84. The van der Waals surface area contributed by atoms with Crippen LogP contribution in [0.2, 0.25) is 13.3 Å². The first kappa shape index (κ1) is 27.3. The van der Waals surface area contributed by atoms with Crippen LogP contribution in [0.3, 0.4) is 0 Å². The van der Waals surface area contributed by atoms with Gasteiger partial charge in [0, 0.05) is 0 Å². The number of nitrogens with zero attached hydrogens (tertiary/aromatic N) is 3. The summed E-state index contributed by atoms with van der Waals surface area (Å²) in [6.45, 7) is 8.60. The number of aromatic nitrogens is 3. The second-order valence-electron chi connectivity index (χ2n) is 10.00. The zero-order valence-electron chi connectivity index (χ0n) is 21.0. The zero-order chi connectivity index (χ0) is 24.9. The van der Waals surface area contributed by atoms with Gasteiger partial charge >= 0.3 is 206 Å². The summed E-state index contributed by atoms with van der Waals surface area (Å²) < 4.78 is 47.0. The van der Waals surface area contributed by atoms with Gasteiger partial charge in [-0.1, -0.05) is 0 Å². The van der Waals surface area contributed by atoms with E-state index in [0.29, 0.717) is 18.5 Å². The molecule has 5 nitrogen and oxygen atoms in total. The van der Waals surface area contributed by atoms with E-state index in [1.165, 1.54) is 38.8 Å². The van der Waals surface area contributed by atoms with Gasteiger partial charge in [-0.25, -0.2) is 0 Å². The van der Waals surface area contributed by atoms with Crippen LogP contribution in [0.5, 0.6) is 0 Å². The second kappa shape index (κ2) is 11.6. The normalized spacial score (nSPS) is 15.6. The third-order valence-electron chi connectivity index (χ3n) is 7.20. The number of aryl methyl sites for hydroxylation is 1. The third kappa shape index (κ3) is 6.26. The Balaban J connectivity index is 2.03. The molecule has 2 aromatic heterocycles. The van der Waals surface area contributed by atoms with Gasteiger partial charge in [0.2, 0.25) is 0 Å². The van der Waals surface area contributed by atoms with E-state index in [2.05, 4.69) is 37.3 Å². The Hall–Kier alpha value is -1.32. The molecule has 34 heavy (non-hydrogen) atoms. The van der Waals surface area contributed by atoms with Crippen LogP contribution in [0.25, 0.3) is 5.65 Å². The van der Waals surface area contributed by atoms with E-state index in [1.807, 2.05) is 6.92 Å². The predicted octanol–water partition coefficient (Wildman–Crippen LogP) is 6.16. The fourth-order valence-electron chi connectivity index (χ4n) is 4.97. The molecule has 1 fully saturated rings. The molecule has 1 N–H and O–H groups in total. The summed E-state index contributed by atoms with van der Waals surface area (Å²) in [4.78, 5) is 18.0. The van der Waals surface area contributed by atoms with Crippen molar-refractivity contribution < 1.29 is 18.0 Å². The number of halogens is 3. The number of rotatable bonds is 13. The van der Waals surface area contributed by atoms with Gasteiger partial charge in [0.1, 0.15) is 0 Å². The van der Waals surface area contributed by atoms with Crippen LogP contribution in [-0.2, 0) is 0 Å². The van der Waals surface area contributed by atoms with Crippen LogP contribution in [0, 0.1) is 12.8 Å². The van der Waals surface area contributed by atoms with E-state index in [0.717, 1.165) is 28.7 Å². The summed E-state index contributed by atoms with van der Waals surface area (Å²) >= 11 is -2.89. The number of fused-ring (bicyclic) bond motifs is 1. The van der Waals surface area contributed by atoms with Gasteiger partial charge in [0.05, 0.1) is 0 Å². The first-order chi connectivity index (χ1) is 16.2. The molecule has 190 valence electrons. The molecule has 2 aromatic rings. The van der Waals surface area contributed by atoms with E-state index < -0.39 is 42.4 Å². The number of carbonyl (C=O) groups is 1. The minimum absolute atomic E-state index is 0.140. The molecule has 0 aliphatic heterocycles. The molecule has 1 aliphatic rings. The van der Waals surface area contributed by atoms with Crippen molar-refractivity contribution in [1.29, 1.82) is 0 Å². The van der Waals surface area contributed by atoms with E-state index in [4.69, 9.17) is 4.98 Å². The number of amides is 1. The standard InChI is InChI=1S/C13H12F3N4O.3C4H9.Sn/c1-7-4-5-17-11-9(6-18-20(7)11)12(21)19-10(8-2-3-8)13(14,15)16;3*1-3-4-2;/h4,6,8,10H,2-3H2,1H3,(H,19,21);3*1,3-4H2,2H3;/t10-;;;;/m1..../s1. The van der Waals surface area contributed by atoms with Crippen molar-refractivity contribution in [2.24, 2.45) is 5.92 Å². The molecule has 3 rings (SSSR count). The Morgan fingerprint density at radius 3 is 2.15 bits per heavy atom. The SMILES string of the molecule is CCC[CH2][Sn]([CH2]CCC)([CH2]CCC)[c]1cc(C)n2ncc(C(=O)N[C@H](C3CC3)C(F)(F)F)c2n1. The number of alkyl halides is 3. The van der Waals surface area contributed by atoms with Crippen molar-refractivity contribution >= 4 is 33.6 Å². The summed E-state index contributed by atoms with van der Waals surface area (Å²) in [5.41, 5.74) is 1.43.